The Bertz CT molecular complexity index is 1410. The Morgan fingerprint density at radius 2 is 1.63 bits per heavy atom. The molecule has 0 spiro atoms. The molecule has 3 rings (SSSR count). The summed E-state index contributed by atoms with van der Waals surface area (Å²) in [5.74, 6) is -1.36. The van der Waals surface area contributed by atoms with Crippen molar-refractivity contribution in [3.05, 3.63) is 29.8 Å². The minimum atomic E-state index is -1.35. The predicted octanol–water partition coefficient (Wildman–Crippen LogP) is 7.06. The summed E-state index contributed by atoms with van der Waals surface area (Å²) in [4.78, 5) is 58.6. The van der Waals surface area contributed by atoms with Crippen LogP contribution < -0.4 is 10.6 Å². The number of hydroxylamine groups is 2. The SMILES string of the molecule is CCCCCCCCCCCCCCCC(=O)N(O)CCCCC(NC(=O)C1(C)COC(c2ccccc2O)=N1)C(=O)OCC(C)CNC1CCCCN(C)C1=O. The Labute approximate surface area is 341 Å². The van der Waals surface area contributed by atoms with Gasteiger partial charge < -0.3 is 30.1 Å². The topological polar surface area (TPSA) is 170 Å². The summed E-state index contributed by atoms with van der Waals surface area (Å²) in [6.45, 7) is 7.12. The lowest BCUT2D eigenvalue weighted by atomic mass is 10.0. The van der Waals surface area contributed by atoms with Crippen molar-refractivity contribution in [3.8, 4) is 5.75 Å². The Morgan fingerprint density at radius 1 is 0.982 bits per heavy atom. The Hall–Kier alpha value is -3.71. The van der Waals surface area contributed by atoms with E-state index in [9.17, 15) is 29.5 Å². The van der Waals surface area contributed by atoms with Gasteiger partial charge in [-0.1, -0.05) is 103 Å². The molecule has 13 nitrogen and oxygen atoms in total. The highest BCUT2D eigenvalue weighted by atomic mass is 16.5. The third-order valence-corrected chi connectivity index (χ3v) is 11.1. The molecule has 0 aliphatic carbocycles. The molecule has 4 N–H and O–H groups in total. The number of benzene rings is 1. The number of para-hydroxylation sites is 1. The number of likely N-dealkylation sites (N-methyl/N-ethyl adjacent to an activating group) is 1. The van der Waals surface area contributed by atoms with Gasteiger partial charge in [-0.2, -0.15) is 0 Å². The van der Waals surface area contributed by atoms with Crippen LogP contribution in [-0.4, -0.2) is 107 Å². The minimum absolute atomic E-state index is 0.0258. The van der Waals surface area contributed by atoms with E-state index in [0.29, 0.717) is 31.4 Å². The van der Waals surface area contributed by atoms with Crippen molar-refractivity contribution in [1.82, 2.24) is 20.6 Å². The first-order valence-corrected chi connectivity index (χ1v) is 21.9. The van der Waals surface area contributed by atoms with Crippen LogP contribution in [0.25, 0.3) is 0 Å². The van der Waals surface area contributed by atoms with Crippen molar-refractivity contribution in [1.29, 1.82) is 0 Å². The van der Waals surface area contributed by atoms with Crippen molar-refractivity contribution in [2.45, 2.75) is 167 Å². The molecule has 0 bridgehead atoms. The number of hydrogen-bond donors (Lipinski definition) is 4. The molecule has 4 unspecified atom stereocenters. The predicted molar refractivity (Wildman–Crippen MR) is 222 cm³/mol. The van der Waals surface area contributed by atoms with E-state index in [0.717, 1.165) is 50.1 Å². The van der Waals surface area contributed by atoms with E-state index in [4.69, 9.17) is 9.47 Å². The van der Waals surface area contributed by atoms with Gasteiger partial charge in [0.05, 0.1) is 18.2 Å². The lowest BCUT2D eigenvalue weighted by Gasteiger charge is -2.25. The highest BCUT2D eigenvalue weighted by Crippen LogP contribution is 2.26. The first-order valence-electron chi connectivity index (χ1n) is 21.9. The van der Waals surface area contributed by atoms with Crippen molar-refractivity contribution in [3.63, 3.8) is 0 Å². The van der Waals surface area contributed by atoms with Crippen LogP contribution in [0.4, 0.5) is 0 Å². The average molecular weight is 800 g/mol. The molecule has 1 aromatic rings. The van der Waals surface area contributed by atoms with Crippen LogP contribution in [0.1, 0.15) is 155 Å². The van der Waals surface area contributed by atoms with Crippen molar-refractivity contribution in [2.24, 2.45) is 10.9 Å². The zero-order valence-corrected chi connectivity index (χ0v) is 35.4. The number of phenols is 1. The highest BCUT2D eigenvalue weighted by molar-refractivity contribution is 6.02. The maximum Gasteiger partial charge on any atom is 0.328 e. The molecule has 13 heteroatoms. The number of nitrogens with one attached hydrogen (secondary N) is 2. The number of likely N-dealkylation sites (tertiary alicyclic amines) is 1. The second-order valence-electron chi connectivity index (χ2n) is 16.5. The number of carbonyl (C=O) groups is 4. The number of rotatable bonds is 28. The molecular formula is C44H73N5O8. The number of amides is 3. The van der Waals surface area contributed by atoms with E-state index in [1.54, 1.807) is 30.0 Å². The first kappa shape index (κ1) is 47.7. The molecule has 1 aromatic carbocycles. The second-order valence-corrected chi connectivity index (χ2v) is 16.5. The zero-order chi connectivity index (χ0) is 41.5. The number of esters is 1. The number of unbranched alkanes of at least 4 members (excludes halogenated alkanes) is 13. The molecule has 1 fully saturated rings. The van der Waals surface area contributed by atoms with Gasteiger partial charge in [-0.3, -0.25) is 19.6 Å². The Kier molecular flexibility index (Phi) is 22.0. The number of aliphatic imine (C=N–C) groups is 1. The summed E-state index contributed by atoms with van der Waals surface area (Å²) in [5.41, 5.74) is -0.991. The van der Waals surface area contributed by atoms with Crippen LogP contribution in [0.2, 0.25) is 0 Å². The number of nitrogens with zero attached hydrogens (tertiary/aromatic N) is 3. The highest BCUT2D eigenvalue weighted by Gasteiger charge is 2.42. The van der Waals surface area contributed by atoms with Crippen molar-refractivity contribution < 1.29 is 39.0 Å². The molecule has 2 aliphatic rings. The molecule has 3 amide bonds. The average Bonchev–Trinajstić information content (AvgIpc) is 3.53. The molecule has 0 saturated carbocycles. The number of ether oxygens (including phenoxy) is 2. The molecule has 4 atom stereocenters. The van der Waals surface area contributed by atoms with Crippen molar-refractivity contribution >= 4 is 29.6 Å². The number of aromatic hydroxyl groups is 1. The van der Waals surface area contributed by atoms with Gasteiger partial charge in [0.2, 0.25) is 17.7 Å². The molecule has 0 radical (unpaired) electrons. The summed E-state index contributed by atoms with van der Waals surface area (Å²) in [6.07, 6.45) is 19.9. The van der Waals surface area contributed by atoms with E-state index in [1.165, 1.54) is 70.3 Å². The van der Waals surface area contributed by atoms with Crippen LogP contribution in [0.3, 0.4) is 0 Å². The Morgan fingerprint density at radius 3 is 2.30 bits per heavy atom. The maximum atomic E-state index is 13.6. The van der Waals surface area contributed by atoms with Gasteiger partial charge in [-0.25, -0.2) is 14.9 Å². The molecule has 2 heterocycles. The quantitative estimate of drug-likeness (QED) is 0.0300. The van der Waals surface area contributed by atoms with Crippen molar-refractivity contribution in [2.75, 3.05) is 39.9 Å². The van der Waals surface area contributed by atoms with Gasteiger partial charge in [-0.15, -0.1) is 0 Å². The van der Waals surface area contributed by atoms with E-state index in [1.807, 2.05) is 14.0 Å². The van der Waals surface area contributed by atoms with Crippen LogP contribution >= 0.6 is 0 Å². The van der Waals surface area contributed by atoms with E-state index < -0.39 is 23.5 Å². The summed E-state index contributed by atoms with van der Waals surface area (Å²) in [6, 6.07) is 5.28. The van der Waals surface area contributed by atoms with Crippen LogP contribution in [-0.2, 0) is 28.7 Å². The molecule has 2 aliphatic heterocycles. The fourth-order valence-electron chi connectivity index (χ4n) is 7.24. The molecular weight excluding hydrogens is 727 g/mol. The van der Waals surface area contributed by atoms with Gasteiger partial charge >= 0.3 is 5.97 Å². The smallest absolute Gasteiger partial charge is 0.328 e. The van der Waals surface area contributed by atoms with Gasteiger partial charge in [0.15, 0.2) is 5.54 Å². The van der Waals surface area contributed by atoms with Gasteiger partial charge in [0.25, 0.3) is 5.91 Å². The third kappa shape index (κ3) is 17.4. The molecule has 1 saturated heterocycles. The maximum absolute atomic E-state index is 13.6. The fourth-order valence-corrected chi connectivity index (χ4v) is 7.24. The summed E-state index contributed by atoms with van der Waals surface area (Å²) >= 11 is 0. The normalized spacial score (nSPS) is 19.3. The van der Waals surface area contributed by atoms with Crippen LogP contribution in [0, 0.1) is 5.92 Å². The third-order valence-electron chi connectivity index (χ3n) is 11.1. The lowest BCUT2D eigenvalue weighted by Crippen LogP contribution is -2.51. The lowest BCUT2D eigenvalue weighted by molar-refractivity contribution is -0.165. The monoisotopic (exact) mass is 800 g/mol. The second kappa shape index (κ2) is 26.3. The molecule has 0 aromatic heterocycles. The number of carbonyl (C=O) groups excluding carboxylic acids is 4. The minimum Gasteiger partial charge on any atom is -0.507 e. The summed E-state index contributed by atoms with van der Waals surface area (Å²) < 4.78 is 11.4. The molecule has 57 heavy (non-hydrogen) atoms. The number of phenolic OH excluding ortho intramolecular Hbond substituents is 1. The van der Waals surface area contributed by atoms with E-state index in [2.05, 4.69) is 22.5 Å². The first-order chi connectivity index (χ1) is 27.4. The Balaban J connectivity index is 1.44. The van der Waals surface area contributed by atoms with E-state index in [-0.39, 0.29) is 61.6 Å². The van der Waals surface area contributed by atoms with Gasteiger partial charge in [0.1, 0.15) is 18.4 Å². The van der Waals surface area contributed by atoms with E-state index >= 15 is 0 Å². The summed E-state index contributed by atoms with van der Waals surface area (Å²) in [5, 5.41) is 27.6. The van der Waals surface area contributed by atoms with Crippen LogP contribution in [0.5, 0.6) is 5.75 Å². The van der Waals surface area contributed by atoms with Gasteiger partial charge in [0, 0.05) is 39.0 Å². The van der Waals surface area contributed by atoms with Crippen LogP contribution in [0.15, 0.2) is 29.3 Å². The largest absolute Gasteiger partial charge is 0.507 e. The van der Waals surface area contributed by atoms with Gasteiger partial charge in [-0.05, 0) is 64.0 Å². The standard InChI is InChI=1S/C44H73N5O8/c1-5-6-7-8-9-10-11-12-13-14-15-16-17-28-39(51)49(55)30-23-21-26-37(42(53)56-32-34(2)31-45-36-25-20-22-29-48(4)41(36)52)46-43(54)44(3)33-57-40(47-44)35-24-18-19-27-38(35)50/h18-19,24,27,34,36-37,45,50,55H,5-17,20-23,25-26,28-33H2,1-4H3,(H,46,54). The molecule has 322 valence electrons. The fraction of sp³-hybridized carbons (Fsp3) is 0.750. The summed E-state index contributed by atoms with van der Waals surface area (Å²) in [7, 11) is 1.81. The number of hydrogen-bond acceptors (Lipinski definition) is 10. The zero-order valence-electron chi connectivity index (χ0n) is 35.4.